The quantitative estimate of drug-likeness (QED) is 0.437. The van der Waals surface area contributed by atoms with Crippen LogP contribution in [-0.4, -0.2) is 43.4 Å². The third-order valence-corrected chi connectivity index (χ3v) is 3.07. The SMILES string of the molecule is CCOC(=O)/C=C(\C[C@H](NC(=O)OC(C)(C)C)C(=O)OC)c1ccc(F)o1. The van der Waals surface area contributed by atoms with E-state index < -0.39 is 35.7 Å². The molecule has 1 aromatic rings. The first-order valence-corrected chi connectivity index (χ1v) is 8.26. The summed E-state index contributed by atoms with van der Waals surface area (Å²) >= 11 is 0. The molecule has 1 atom stereocenters. The molecule has 8 nitrogen and oxygen atoms in total. The lowest BCUT2D eigenvalue weighted by atomic mass is 10.0. The molecule has 1 heterocycles. The fourth-order valence-corrected chi connectivity index (χ4v) is 2.05. The van der Waals surface area contributed by atoms with Crippen molar-refractivity contribution in [1.29, 1.82) is 0 Å². The minimum atomic E-state index is -1.20. The van der Waals surface area contributed by atoms with Crippen LogP contribution < -0.4 is 5.32 Å². The van der Waals surface area contributed by atoms with Crippen LogP contribution in [0.2, 0.25) is 0 Å². The Bertz CT molecular complexity index is 703. The second kappa shape index (κ2) is 9.75. The van der Waals surface area contributed by atoms with Gasteiger partial charge in [-0.1, -0.05) is 0 Å². The molecule has 150 valence electrons. The molecule has 1 aromatic heterocycles. The summed E-state index contributed by atoms with van der Waals surface area (Å²) in [7, 11) is 1.15. The Balaban J connectivity index is 3.09. The minimum Gasteiger partial charge on any atom is -0.467 e. The van der Waals surface area contributed by atoms with Crippen molar-refractivity contribution in [3.63, 3.8) is 0 Å². The third kappa shape index (κ3) is 7.93. The van der Waals surface area contributed by atoms with Gasteiger partial charge in [0, 0.05) is 24.1 Å². The van der Waals surface area contributed by atoms with Crippen LogP contribution in [0.4, 0.5) is 9.18 Å². The predicted molar refractivity (Wildman–Crippen MR) is 93.1 cm³/mol. The van der Waals surface area contributed by atoms with Gasteiger partial charge in [-0.3, -0.25) is 0 Å². The number of esters is 2. The van der Waals surface area contributed by atoms with Gasteiger partial charge in [-0.15, -0.1) is 0 Å². The van der Waals surface area contributed by atoms with Gasteiger partial charge in [0.05, 0.1) is 13.7 Å². The van der Waals surface area contributed by atoms with Crippen LogP contribution in [0.1, 0.15) is 39.9 Å². The van der Waals surface area contributed by atoms with Crippen molar-refractivity contribution in [2.75, 3.05) is 13.7 Å². The Hall–Kier alpha value is -2.84. The molecule has 0 fully saturated rings. The van der Waals surface area contributed by atoms with Crippen LogP contribution in [0.5, 0.6) is 0 Å². The summed E-state index contributed by atoms with van der Waals surface area (Å²) in [6.45, 7) is 6.75. The number of carbonyl (C=O) groups excluding carboxylic acids is 3. The second-order valence-corrected chi connectivity index (χ2v) is 6.45. The molecular weight excluding hydrogens is 361 g/mol. The van der Waals surface area contributed by atoms with E-state index in [-0.39, 0.29) is 24.4 Å². The zero-order chi connectivity index (χ0) is 20.6. The molecule has 0 radical (unpaired) electrons. The molecule has 27 heavy (non-hydrogen) atoms. The van der Waals surface area contributed by atoms with Gasteiger partial charge in [-0.2, -0.15) is 4.39 Å². The summed E-state index contributed by atoms with van der Waals surface area (Å²) in [6, 6.07) is 0.290. The lowest BCUT2D eigenvalue weighted by Gasteiger charge is -2.23. The summed E-state index contributed by atoms with van der Waals surface area (Å²) in [6.07, 6.45) is 0.00520. The summed E-state index contributed by atoms with van der Waals surface area (Å²) in [5, 5.41) is 2.37. The van der Waals surface area contributed by atoms with E-state index in [1.54, 1.807) is 27.7 Å². The van der Waals surface area contributed by atoms with Crippen molar-refractivity contribution in [3.8, 4) is 0 Å². The normalized spacial score (nSPS) is 12.9. The number of nitrogens with one attached hydrogen (secondary N) is 1. The molecule has 1 N–H and O–H groups in total. The van der Waals surface area contributed by atoms with Gasteiger partial charge in [0.25, 0.3) is 6.01 Å². The highest BCUT2D eigenvalue weighted by molar-refractivity contribution is 5.92. The van der Waals surface area contributed by atoms with Crippen molar-refractivity contribution >= 4 is 23.6 Å². The van der Waals surface area contributed by atoms with Crippen molar-refractivity contribution in [3.05, 3.63) is 30.0 Å². The Morgan fingerprint density at radius 3 is 2.44 bits per heavy atom. The largest absolute Gasteiger partial charge is 0.467 e. The molecule has 1 amide bonds. The van der Waals surface area contributed by atoms with E-state index in [4.69, 9.17) is 13.9 Å². The smallest absolute Gasteiger partial charge is 0.408 e. The number of methoxy groups -OCH3 is 1. The van der Waals surface area contributed by atoms with E-state index in [0.717, 1.165) is 19.3 Å². The lowest BCUT2D eigenvalue weighted by Crippen LogP contribution is -2.44. The molecule has 0 aromatic carbocycles. The molecule has 0 spiro atoms. The molecule has 0 saturated heterocycles. The number of halogens is 1. The minimum absolute atomic E-state index is 0.0143. The molecule has 0 bridgehead atoms. The Labute approximate surface area is 156 Å². The van der Waals surface area contributed by atoms with Crippen molar-refractivity contribution < 1.29 is 37.4 Å². The average Bonchev–Trinajstić information content (AvgIpc) is 2.97. The zero-order valence-corrected chi connectivity index (χ0v) is 16.0. The first-order chi connectivity index (χ1) is 12.6. The highest BCUT2D eigenvalue weighted by atomic mass is 19.1. The number of hydrogen-bond acceptors (Lipinski definition) is 7. The molecule has 1 rings (SSSR count). The van der Waals surface area contributed by atoms with Gasteiger partial charge in [0.15, 0.2) is 0 Å². The molecule has 0 aliphatic rings. The van der Waals surface area contributed by atoms with Gasteiger partial charge in [-0.25, -0.2) is 14.4 Å². The maximum atomic E-state index is 13.2. The molecule has 9 heteroatoms. The molecular formula is C18H24FNO7. The summed E-state index contributed by atoms with van der Waals surface area (Å²) in [4.78, 5) is 35.9. The number of amides is 1. The number of rotatable bonds is 7. The third-order valence-electron chi connectivity index (χ3n) is 3.07. The summed E-state index contributed by atoms with van der Waals surface area (Å²) in [5.41, 5.74) is -0.637. The maximum Gasteiger partial charge on any atom is 0.408 e. The van der Waals surface area contributed by atoms with E-state index in [2.05, 4.69) is 10.1 Å². The number of carbonyl (C=O) groups is 3. The van der Waals surface area contributed by atoms with Gasteiger partial charge >= 0.3 is 18.0 Å². The number of alkyl carbamates (subject to hydrolysis) is 1. The first kappa shape index (κ1) is 22.2. The van der Waals surface area contributed by atoms with E-state index in [1.165, 1.54) is 6.07 Å². The van der Waals surface area contributed by atoms with Crippen LogP contribution >= 0.6 is 0 Å². The van der Waals surface area contributed by atoms with E-state index in [0.29, 0.717) is 0 Å². The van der Waals surface area contributed by atoms with Crippen LogP contribution in [0.15, 0.2) is 22.6 Å². The predicted octanol–water partition coefficient (Wildman–Crippen LogP) is 2.82. The number of ether oxygens (including phenoxy) is 3. The number of hydrogen-bond donors (Lipinski definition) is 1. The average molecular weight is 385 g/mol. The Morgan fingerprint density at radius 2 is 1.96 bits per heavy atom. The number of furan rings is 1. The van der Waals surface area contributed by atoms with Crippen LogP contribution in [0, 0.1) is 6.01 Å². The van der Waals surface area contributed by atoms with Crippen LogP contribution in [-0.2, 0) is 23.8 Å². The Kier molecular flexibility index (Phi) is 8.01. The van der Waals surface area contributed by atoms with E-state index in [9.17, 15) is 18.8 Å². The highest BCUT2D eigenvalue weighted by Gasteiger charge is 2.27. The first-order valence-electron chi connectivity index (χ1n) is 8.26. The molecule has 0 aliphatic heterocycles. The van der Waals surface area contributed by atoms with Crippen molar-refractivity contribution in [2.24, 2.45) is 0 Å². The lowest BCUT2D eigenvalue weighted by molar-refractivity contribution is -0.143. The standard InChI is InChI=1S/C18H24FNO7/c1-6-25-15(21)10-11(13-7-8-14(19)26-13)9-12(16(22)24-5)20-17(23)27-18(2,3)4/h7-8,10,12H,6,9H2,1-5H3,(H,20,23)/b11-10+/t12-/m0/s1. The zero-order valence-electron chi connectivity index (χ0n) is 16.0. The van der Waals surface area contributed by atoms with Crippen molar-refractivity contribution in [1.82, 2.24) is 5.32 Å². The van der Waals surface area contributed by atoms with Gasteiger partial charge < -0.3 is 23.9 Å². The second-order valence-electron chi connectivity index (χ2n) is 6.45. The van der Waals surface area contributed by atoms with Crippen LogP contribution in [0.25, 0.3) is 5.57 Å². The van der Waals surface area contributed by atoms with Gasteiger partial charge in [0.1, 0.15) is 17.4 Å². The topological polar surface area (TPSA) is 104 Å². The highest BCUT2D eigenvalue weighted by Crippen LogP contribution is 2.23. The monoisotopic (exact) mass is 385 g/mol. The fraction of sp³-hybridized carbons (Fsp3) is 0.500. The molecule has 0 unspecified atom stereocenters. The van der Waals surface area contributed by atoms with E-state index >= 15 is 0 Å². The summed E-state index contributed by atoms with van der Waals surface area (Å²) < 4.78 is 32.8. The van der Waals surface area contributed by atoms with E-state index in [1.807, 2.05) is 0 Å². The van der Waals surface area contributed by atoms with Gasteiger partial charge in [-0.05, 0) is 33.8 Å². The Morgan fingerprint density at radius 1 is 1.30 bits per heavy atom. The maximum absolute atomic E-state index is 13.2. The summed E-state index contributed by atoms with van der Waals surface area (Å²) in [5.74, 6) is -1.46. The van der Waals surface area contributed by atoms with Crippen molar-refractivity contribution in [2.45, 2.75) is 45.8 Å². The fourth-order valence-electron chi connectivity index (χ4n) is 2.05. The molecule has 0 aliphatic carbocycles. The van der Waals surface area contributed by atoms with Gasteiger partial charge in [0.2, 0.25) is 0 Å². The molecule has 0 saturated carbocycles. The van der Waals surface area contributed by atoms with Crippen LogP contribution in [0.3, 0.4) is 0 Å².